The van der Waals surface area contributed by atoms with Crippen LogP contribution in [0.15, 0.2) is 48.7 Å². The van der Waals surface area contributed by atoms with Crippen LogP contribution in [0, 0.1) is 0 Å². The molecule has 6 rings (SSSR count). The number of likely N-dealkylation sites (N-methyl/N-ethyl adjacent to an activating group) is 1. The first-order chi connectivity index (χ1) is 19.9. The number of piperazine rings is 1. The second-order valence-corrected chi connectivity index (χ2v) is 10.6. The largest absolute Gasteiger partial charge is 0.494 e. The number of aryl methyl sites for hydroxylation is 3. The fraction of sp³-hybridized carbons (Fsp3) is 0.355. The maximum Gasteiger partial charge on any atom is 0.276 e. The number of hydrogen-bond donors (Lipinski definition) is 2. The van der Waals surface area contributed by atoms with Crippen LogP contribution >= 0.6 is 0 Å². The molecule has 0 spiro atoms. The van der Waals surface area contributed by atoms with Crippen LogP contribution in [0.2, 0.25) is 0 Å². The summed E-state index contributed by atoms with van der Waals surface area (Å²) in [5.74, 6) is 0.991. The number of aromatic nitrogens is 4. The minimum absolute atomic E-state index is 0.205. The first-order valence-electron chi connectivity index (χ1n) is 14.1. The minimum Gasteiger partial charge on any atom is -0.494 e. The Morgan fingerprint density at radius 3 is 2.61 bits per heavy atom. The van der Waals surface area contributed by atoms with E-state index in [1.807, 2.05) is 43.6 Å². The molecule has 0 bridgehead atoms. The number of fused-ring (bicyclic) bond motifs is 3. The Bertz CT molecular complexity index is 1590. The average molecular weight is 553 g/mol. The normalized spacial score (nSPS) is 14.8. The zero-order chi connectivity index (χ0) is 28.5. The second kappa shape index (κ2) is 11.2. The number of nitrogens with zero attached hydrogens (tertiary/aromatic N) is 6. The van der Waals surface area contributed by atoms with E-state index in [-0.39, 0.29) is 5.91 Å². The van der Waals surface area contributed by atoms with Crippen molar-refractivity contribution in [1.29, 1.82) is 0 Å². The number of methoxy groups -OCH3 is 1. The van der Waals surface area contributed by atoms with Gasteiger partial charge in [-0.1, -0.05) is 25.1 Å². The van der Waals surface area contributed by atoms with Crippen LogP contribution in [0.1, 0.15) is 34.1 Å². The van der Waals surface area contributed by atoms with Crippen molar-refractivity contribution in [3.8, 4) is 17.1 Å². The van der Waals surface area contributed by atoms with Crippen molar-refractivity contribution in [2.75, 3.05) is 55.9 Å². The van der Waals surface area contributed by atoms with E-state index >= 15 is 0 Å². The molecule has 2 aliphatic rings. The van der Waals surface area contributed by atoms with E-state index in [0.717, 1.165) is 89.9 Å². The van der Waals surface area contributed by atoms with Gasteiger partial charge in [0.25, 0.3) is 5.91 Å². The summed E-state index contributed by atoms with van der Waals surface area (Å²) in [6, 6.07) is 14.1. The molecule has 41 heavy (non-hydrogen) atoms. The molecule has 1 saturated heterocycles. The molecule has 4 aromatic rings. The van der Waals surface area contributed by atoms with Gasteiger partial charge < -0.3 is 25.2 Å². The monoisotopic (exact) mass is 552 g/mol. The smallest absolute Gasteiger partial charge is 0.276 e. The summed E-state index contributed by atoms with van der Waals surface area (Å²) in [5, 5.41) is 11.1. The van der Waals surface area contributed by atoms with E-state index in [1.165, 1.54) is 0 Å². The molecule has 0 unspecified atom stereocenters. The van der Waals surface area contributed by atoms with Gasteiger partial charge in [0, 0.05) is 62.4 Å². The number of nitrogens with one attached hydrogen (secondary N) is 2. The van der Waals surface area contributed by atoms with Crippen LogP contribution in [0.25, 0.3) is 11.4 Å². The molecule has 10 heteroatoms. The van der Waals surface area contributed by atoms with E-state index in [4.69, 9.17) is 9.72 Å². The maximum atomic E-state index is 13.4. The van der Waals surface area contributed by atoms with Crippen molar-refractivity contribution < 1.29 is 9.53 Å². The van der Waals surface area contributed by atoms with Gasteiger partial charge in [0.2, 0.25) is 5.95 Å². The second-order valence-electron chi connectivity index (χ2n) is 10.6. The number of ether oxygens (including phenoxy) is 1. The van der Waals surface area contributed by atoms with Crippen molar-refractivity contribution in [2.24, 2.45) is 7.05 Å². The number of carbonyl (C=O) groups is 1. The predicted octanol–water partition coefficient (Wildman–Crippen LogP) is 4.29. The summed E-state index contributed by atoms with van der Waals surface area (Å²) in [6.45, 7) is 6.12. The summed E-state index contributed by atoms with van der Waals surface area (Å²) < 4.78 is 7.50. The molecule has 212 valence electrons. The van der Waals surface area contributed by atoms with Gasteiger partial charge in [-0.05, 0) is 55.6 Å². The number of rotatable bonds is 7. The Kier molecular flexibility index (Phi) is 7.32. The molecular weight excluding hydrogens is 516 g/mol. The lowest BCUT2D eigenvalue weighted by Crippen LogP contribution is -2.44. The molecule has 3 heterocycles. The van der Waals surface area contributed by atoms with Crippen LogP contribution in [0.4, 0.5) is 23.0 Å². The molecule has 2 N–H and O–H groups in total. The molecule has 0 saturated carbocycles. The first kappa shape index (κ1) is 26.8. The quantitative estimate of drug-likeness (QED) is 0.350. The van der Waals surface area contributed by atoms with Crippen molar-refractivity contribution in [2.45, 2.75) is 26.2 Å². The van der Waals surface area contributed by atoms with Gasteiger partial charge in [0.1, 0.15) is 5.75 Å². The SMILES string of the molecule is CCc1ccccc1NC(=O)c1nn(C)c2c1CCc1cnc(Nc3ccc(N4CCN(C)CC4)cc3OC)nc1-2. The summed E-state index contributed by atoms with van der Waals surface area (Å²) in [4.78, 5) is 27.6. The van der Waals surface area contributed by atoms with Gasteiger partial charge >= 0.3 is 0 Å². The third-order valence-electron chi connectivity index (χ3n) is 8.04. The van der Waals surface area contributed by atoms with Gasteiger partial charge in [-0.25, -0.2) is 9.97 Å². The summed E-state index contributed by atoms with van der Waals surface area (Å²) in [5.41, 5.74) is 7.86. The zero-order valence-corrected chi connectivity index (χ0v) is 24.1. The van der Waals surface area contributed by atoms with Crippen molar-refractivity contribution in [3.63, 3.8) is 0 Å². The highest BCUT2D eigenvalue weighted by Gasteiger charge is 2.29. The van der Waals surface area contributed by atoms with Crippen molar-refractivity contribution >= 4 is 28.9 Å². The lowest BCUT2D eigenvalue weighted by Gasteiger charge is -2.34. The van der Waals surface area contributed by atoms with E-state index < -0.39 is 0 Å². The topological polar surface area (TPSA) is 100 Å². The van der Waals surface area contributed by atoms with Crippen LogP contribution in [0.5, 0.6) is 5.75 Å². The average Bonchev–Trinajstić information content (AvgIpc) is 3.35. The molecule has 1 fully saturated rings. The highest BCUT2D eigenvalue weighted by atomic mass is 16.5. The van der Waals surface area contributed by atoms with Crippen LogP contribution in [-0.2, 0) is 26.3 Å². The molecular formula is C31H36N8O2. The van der Waals surface area contributed by atoms with E-state index in [9.17, 15) is 4.79 Å². The van der Waals surface area contributed by atoms with Crippen LogP contribution in [-0.4, -0.2) is 70.9 Å². The standard InChI is InChI=1S/C31H36N8O2/c1-5-20-8-6-7-9-24(20)33-30(40)28-23-12-10-21-19-32-31(35-27(21)29(23)38(3)36-28)34-25-13-11-22(18-26(25)41-4)39-16-14-37(2)15-17-39/h6-9,11,13,18-19H,5,10,12,14-17H2,1-4H3,(H,33,40)(H,32,34,35). The lowest BCUT2D eigenvalue weighted by molar-refractivity contribution is 0.102. The van der Waals surface area contributed by atoms with Gasteiger partial charge in [0.05, 0.1) is 24.2 Å². The number of anilines is 4. The third-order valence-corrected chi connectivity index (χ3v) is 8.04. The minimum atomic E-state index is -0.205. The molecule has 2 aromatic heterocycles. The number of hydrogen-bond acceptors (Lipinski definition) is 8. The Morgan fingerprint density at radius 2 is 1.83 bits per heavy atom. The molecule has 2 aromatic carbocycles. The Balaban J connectivity index is 1.26. The Morgan fingerprint density at radius 1 is 1.02 bits per heavy atom. The molecule has 0 atom stereocenters. The third kappa shape index (κ3) is 5.22. The van der Waals surface area contributed by atoms with Gasteiger partial charge in [0.15, 0.2) is 5.69 Å². The summed E-state index contributed by atoms with van der Waals surface area (Å²) in [7, 11) is 5.69. The van der Waals surface area contributed by atoms with Crippen molar-refractivity contribution in [3.05, 3.63) is 71.0 Å². The molecule has 10 nitrogen and oxygen atoms in total. The van der Waals surface area contributed by atoms with E-state index in [0.29, 0.717) is 18.1 Å². The Labute approximate surface area is 240 Å². The zero-order valence-electron chi connectivity index (χ0n) is 24.1. The summed E-state index contributed by atoms with van der Waals surface area (Å²) in [6.07, 6.45) is 4.14. The molecule has 1 amide bonds. The number of benzene rings is 2. The van der Waals surface area contributed by atoms with E-state index in [2.05, 4.69) is 56.6 Å². The number of carbonyl (C=O) groups excluding carboxylic acids is 1. The van der Waals surface area contributed by atoms with Crippen LogP contribution < -0.4 is 20.3 Å². The van der Waals surface area contributed by atoms with E-state index in [1.54, 1.807) is 11.8 Å². The highest BCUT2D eigenvalue weighted by molar-refractivity contribution is 6.05. The maximum absolute atomic E-state index is 13.4. The fourth-order valence-corrected chi connectivity index (χ4v) is 5.69. The van der Waals surface area contributed by atoms with Crippen molar-refractivity contribution in [1.82, 2.24) is 24.6 Å². The number of amides is 1. The lowest BCUT2D eigenvalue weighted by atomic mass is 9.93. The summed E-state index contributed by atoms with van der Waals surface area (Å²) >= 11 is 0. The van der Waals surface area contributed by atoms with Gasteiger partial charge in [-0.3, -0.25) is 9.48 Å². The van der Waals surface area contributed by atoms with Gasteiger partial charge in [-0.2, -0.15) is 5.10 Å². The molecule has 0 radical (unpaired) electrons. The Hall–Kier alpha value is -4.44. The first-order valence-corrected chi connectivity index (χ1v) is 14.1. The molecule has 1 aliphatic heterocycles. The van der Waals surface area contributed by atoms with Gasteiger partial charge in [-0.15, -0.1) is 0 Å². The highest BCUT2D eigenvalue weighted by Crippen LogP contribution is 2.36. The molecule has 1 aliphatic carbocycles. The fourth-order valence-electron chi connectivity index (χ4n) is 5.69. The number of para-hydroxylation sites is 1. The predicted molar refractivity (Wildman–Crippen MR) is 161 cm³/mol. The van der Waals surface area contributed by atoms with Crippen LogP contribution in [0.3, 0.4) is 0 Å².